The van der Waals surface area contributed by atoms with Crippen molar-refractivity contribution >= 4 is 5.96 Å². The van der Waals surface area contributed by atoms with Crippen molar-refractivity contribution in [1.82, 2.24) is 10.2 Å². The van der Waals surface area contributed by atoms with Crippen LogP contribution in [0, 0.1) is 5.92 Å². The fourth-order valence-electron chi connectivity index (χ4n) is 2.35. The molecular formula is C14H30N4O. The van der Waals surface area contributed by atoms with Crippen molar-refractivity contribution in [1.29, 1.82) is 0 Å². The van der Waals surface area contributed by atoms with E-state index in [1.54, 1.807) is 0 Å². The van der Waals surface area contributed by atoms with Crippen molar-refractivity contribution in [3.63, 3.8) is 0 Å². The van der Waals surface area contributed by atoms with Crippen LogP contribution < -0.4 is 11.1 Å². The second kappa shape index (κ2) is 9.15. The summed E-state index contributed by atoms with van der Waals surface area (Å²) in [7, 11) is 0. The second-order valence-electron chi connectivity index (χ2n) is 5.55. The first-order chi connectivity index (χ1) is 9.13. The summed E-state index contributed by atoms with van der Waals surface area (Å²) in [6.45, 7) is 11.8. The Bertz CT molecular complexity index is 268. The summed E-state index contributed by atoms with van der Waals surface area (Å²) in [6, 6.07) is 0.572. The molecule has 1 aliphatic heterocycles. The molecule has 0 bridgehead atoms. The lowest BCUT2D eigenvalue weighted by Crippen LogP contribution is -2.37. The number of nitrogens with two attached hydrogens (primary N) is 1. The Morgan fingerprint density at radius 3 is 3.00 bits per heavy atom. The summed E-state index contributed by atoms with van der Waals surface area (Å²) < 4.78 is 5.48. The molecule has 1 unspecified atom stereocenters. The summed E-state index contributed by atoms with van der Waals surface area (Å²) in [4.78, 5) is 6.90. The number of nitrogens with one attached hydrogen (secondary N) is 1. The molecule has 1 atom stereocenters. The van der Waals surface area contributed by atoms with Gasteiger partial charge in [-0.2, -0.15) is 0 Å². The minimum atomic E-state index is 0.538. The van der Waals surface area contributed by atoms with Gasteiger partial charge < -0.3 is 15.8 Å². The van der Waals surface area contributed by atoms with Gasteiger partial charge in [-0.15, -0.1) is 0 Å². The van der Waals surface area contributed by atoms with Gasteiger partial charge in [-0.25, -0.2) is 0 Å². The van der Waals surface area contributed by atoms with Gasteiger partial charge >= 0.3 is 0 Å². The quantitative estimate of drug-likeness (QED) is 0.393. The monoisotopic (exact) mass is 270 g/mol. The van der Waals surface area contributed by atoms with Crippen LogP contribution in [0.15, 0.2) is 4.99 Å². The topological polar surface area (TPSA) is 62.9 Å². The molecular weight excluding hydrogens is 240 g/mol. The van der Waals surface area contributed by atoms with E-state index in [1.807, 2.05) is 0 Å². The molecule has 1 aliphatic rings. The van der Waals surface area contributed by atoms with Gasteiger partial charge in [0.05, 0.1) is 13.2 Å². The van der Waals surface area contributed by atoms with Crippen molar-refractivity contribution in [3.05, 3.63) is 0 Å². The fourth-order valence-corrected chi connectivity index (χ4v) is 2.35. The lowest BCUT2D eigenvalue weighted by Gasteiger charge is -2.20. The van der Waals surface area contributed by atoms with E-state index in [2.05, 4.69) is 36.0 Å². The van der Waals surface area contributed by atoms with Gasteiger partial charge in [0.15, 0.2) is 5.96 Å². The van der Waals surface area contributed by atoms with Crippen LogP contribution in [-0.4, -0.2) is 56.3 Å². The van der Waals surface area contributed by atoms with Gasteiger partial charge in [-0.3, -0.25) is 9.89 Å². The summed E-state index contributed by atoms with van der Waals surface area (Å²) in [5, 5.41) is 3.10. The van der Waals surface area contributed by atoms with Crippen molar-refractivity contribution < 1.29 is 4.74 Å². The molecule has 0 aromatic carbocycles. The SMILES string of the molecule is CCN1CCCC1CN=C(N)NCCOCC(C)C. The molecule has 0 saturated carbocycles. The second-order valence-corrected chi connectivity index (χ2v) is 5.55. The zero-order chi connectivity index (χ0) is 14.1. The van der Waals surface area contributed by atoms with Gasteiger partial charge in [0.2, 0.25) is 0 Å². The molecule has 5 heteroatoms. The third kappa shape index (κ3) is 6.78. The number of likely N-dealkylation sites (N-methyl/N-ethyl adjacent to an activating group) is 1. The number of guanidine groups is 1. The summed E-state index contributed by atoms with van der Waals surface area (Å²) >= 11 is 0. The van der Waals surface area contributed by atoms with Crippen molar-refractivity contribution in [2.45, 2.75) is 39.7 Å². The average Bonchev–Trinajstić information content (AvgIpc) is 2.83. The van der Waals surface area contributed by atoms with E-state index in [-0.39, 0.29) is 0 Å². The number of hydrogen-bond acceptors (Lipinski definition) is 3. The van der Waals surface area contributed by atoms with E-state index >= 15 is 0 Å². The smallest absolute Gasteiger partial charge is 0.188 e. The summed E-state index contributed by atoms with van der Waals surface area (Å²) in [5.74, 6) is 1.12. The first-order valence-corrected chi connectivity index (χ1v) is 7.49. The highest BCUT2D eigenvalue weighted by Crippen LogP contribution is 2.16. The minimum absolute atomic E-state index is 0.538. The normalized spacial score (nSPS) is 21.3. The van der Waals surface area contributed by atoms with E-state index in [0.29, 0.717) is 24.5 Å². The standard InChI is InChI=1S/C14H30N4O/c1-4-18-8-5-6-13(18)10-17-14(15)16-7-9-19-11-12(2)3/h12-13H,4-11H2,1-3H3,(H3,15,16,17). The lowest BCUT2D eigenvalue weighted by molar-refractivity contribution is 0.114. The van der Waals surface area contributed by atoms with E-state index < -0.39 is 0 Å². The minimum Gasteiger partial charge on any atom is -0.379 e. The van der Waals surface area contributed by atoms with E-state index in [9.17, 15) is 0 Å². The third-order valence-electron chi connectivity index (χ3n) is 3.38. The molecule has 0 aromatic heterocycles. The van der Waals surface area contributed by atoms with E-state index in [0.717, 1.165) is 26.2 Å². The van der Waals surface area contributed by atoms with Gasteiger partial charge in [0.25, 0.3) is 0 Å². The molecule has 1 rings (SSSR count). The Hall–Kier alpha value is -0.810. The Balaban J connectivity index is 2.11. The van der Waals surface area contributed by atoms with Crippen LogP contribution in [0.25, 0.3) is 0 Å². The molecule has 5 nitrogen and oxygen atoms in total. The first kappa shape index (κ1) is 16.2. The number of ether oxygens (including phenoxy) is 1. The predicted molar refractivity (Wildman–Crippen MR) is 80.4 cm³/mol. The van der Waals surface area contributed by atoms with Gasteiger partial charge in [-0.05, 0) is 31.8 Å². The highest BCUT2D eigenvalue weighted by Gasteiger charge is 2.22. The summed E-state index contributed by atoms with van der Waals surface area (Å²) in [5.41, 5.74) is 5.85. The third-order valence-corrected chi connectivity index (χ3v) is 3.38. The number of likely N-dealkylation sites (tertiary alicyclic amines) is 1. The number of hydrogen-bond donors (Lipinski definition) is 2. The maximum absolute atomic E-state index is 5.85. The first-order valence-electron chi connectivity index (χ1n) is 7.49. The summed E-state index contributed by atoms with van der Waals surface area (Å²) in [6.07, 6.45) is 2.52. The molecule has 0 amide bonds. The Morgan fingerprint density at radius 2 is 2.32 bits per heavy atom. The molecule has 0 radical (unpaired) electrons. The molecule has 112 valence electrons. The van der Waals surface area contributed by atoms with Crippen LogP contribution in [0.4, 0.5) is 0 Å². The van der Waals surface area contributed by atoms with Crippen LogP contribution in [-0.2, 0) is 4.74 Å². The maximum Gasteiger partial charge on any atom is 0.188 e. The Labute approximate surface area is 117 Å². The molecule has 0 aliphatic carbocycles. The van der Waals surface area contributed by atoms with Crippen LogP contribution >= 0.6 is 0 Å². The van der Waals surface area contributed by atoms with Gasteiger partial charge in [0.1, 0.15) is 0 Å². The van der Waals surface area contributed by atoms with Gasteiger partial charge in [-0.1, -0.05) is 20.8 Å². The molecule has 3 N–H and O–H groups in total. The lowest BCUT2D eigenvalue weighted by atomic mass is 10.2. The molecule has 0 aromatic rings. The zero-order valence-corrected chi connectivity index (χ0v) is 12.7. The molecule has 1 saturated heterocycles. The van der Waals surface area contributed by atoms with Crippen LogP contribution in [0.3, 0.4) is 0 Å². The maximum atomic E-state index is 5.85. The van der Waals surface area contributed by atoms with E-state index in [4.69, 9.17) is 10.5 Å². The highest BCUT2D eigenvalue weighted by molar-refractivity contribution is 5.77. The largest absolute Gasteiger partial charge is 0.379 e. The van der Waals surface area contributed by atoms with Gasteiger partial charge in [0, 0.05) is 19.2 Å². The molecule has 1 fully saturated rings. The Kier molecular flexibility index (Phi) is 7.82. The molecule has 0 spiro atoms. The Morgan fingerprint density at radius 1 is 1.53 bits per heavy atom. The number of rotatable bonds is 8. The van der Waals surface area contributed by atoms with Crippen LogP contribution in [0.2, 0.25) is 0 Å². The highest BCUT2D eigenvalue weighted by atomic mass is 16.5. The van der Waals surface area contributed by atoms with Crippen molar-refractivity contribution in [3.8, 4) is 0 Å². The predicted octanol–water partition coefficient (Wildman–Crippen LogP) is 1.05. The molecule has 19 heavy (non-hydrogen) atoms. The average molecular weight is 270 g/mol. The number of nitrogens with zero attached hydrogens (tertiary/aromatic N) is 2. The zero-order valence-electron chi connectivity index (χ0n) is 12.7. The van der Waals surface area contributed by atoms with Crippen LogP contribution in [0.5, 0.6) is 0 Å². The van der Waals surface area contributed by atoms with Crippen LogP contribution in [0.1, 0.15) is 33.6 Å². The fraction of sp³-hybridized carbons (Fsp3) is 0.929. The van der Waals surface area contributed by atoms with E-state index in [1.165, 1.54) is 19.4 Å². The molecule has 1 heterocycles. The van der Waals surface area contributed by atoms with Crippen molar-refractivity contribution in [2.75, 3.05) is 39.4 Å². The van der Waals surface area contributed by atoms with Crippen molar-refractivity contribution in [2.24, 2.45) is 16.6 Å². The number of aliphatic imine (C=N–C) groups is 1.